The Labute approximate surface area is 157 Å². The maximum absolute atomic E-state index is 12.6. The van der Waals surface area contributed by atoms with Gasteiger partial charge < -0.3 is 11.1 Å². The van der Waals surface area contributed by atoms with E-state index in [9.17, 15) is 13.8 Å². The third kappa shape index (κ3) is 4.05. The Morgan fingerprint density at radius 3 is 2.44 bits per heavy atom. The largest absolute Gasteiger partial charge is 0.383 e. The highest BCUT2D eigenvalue weighted by atomic mass is 32.2. The van der Waals surface area contributed by atoms with Crippen LogP contribution in [0.1, 0.15) is 20.7 Å². The number of carbonyl (C=O) groups excluding carboxylic acids is 2. The fourth-order valence-electron chi connectivity index (χ4n) is 2.46. The lowest BCUT2D eigenvalue weighted by Gasteiger charge is -2.11. The lowest BCUT2D eigenvalue weighted by atomic mass is 10.00. The smallest absolute Gasteiger partial charge is 0.264 e. The molecule has 0 fully saturated rings. The number of aromatic nitrogens is 2. The van der Waals surface area contributed by atoms with Crippen molar-refractivity contribution < 1.29 is 13.8 Å². The van der Waals surface area contributed by atoms with Crippen molar-refractivity contribution in [3.05, 3.63) is 72.2 Å². The van der Waals surface area contributed by atoms with E-state index < -0.39 is 22.0 Å². The predicted octanol–water partition coefficient (Wildman–Crippen LogP) is 1.74. The first-order chi connectivity index (χ1) is 13.0. The zero-order chi connectivity index (χ0) is 19.4. The first kappa shape index (κ1) is 18.4. The van der Waals surface area contributed by atoms with Crippen molar-refractivity contribution in [2.75, 3.05) is 11.1 Å². The summed E-state index contributed by atoms with van der Waals surface area (Å²) >= 11 is 0. The summed E-state index contributed by atoms with van der Waals surface area (Å²) in [6, 6.07) is 11.3. The molecule has 136 valence electrons. The molecule has 1 aromatic carbocycles. The van der Waals surface area contributed by atoms with Crippen LogP contribution in [0, 0.1) is 0 Å². The first-order valence-corrected chi connectivity index (χ1v) is 8.95. The quantitative estimate of drug-likeness (QED) is 0.628. The molecule has 1 atom stereocenters. The number of benzene rings is 1. The Bertz CT molecular complexity index is 1040. The molecule has 9 heteroatoms. The topological polar surface area (TPSA) is 141 Å². The fraction of sp³-hybridized carbons (Fsp3) is 0. The van der Waals surface area contributed by atoms with Crippen LogP contribution in [0.2, 0.25) is 0 Å². The molecule has 0 aliphatic carbocycles. The number of nitrogen functional groups attached to an aromatic ring is 1. The second-order valence-corrected chi connectivity index (χ2v) is 6.44. The molecule has 3 rings (SSSR count). The second-order valence-electron chi connectivity index (χ2n) is 5.48. The van der Waals surface area contributed by atoms with Crippen molar-refractivity contribution in [3.8, 4) is 11.1 Å². The van der Waals surface area contributed by atoms with Gasteiger partial charge in [0.2, 0.25) is 0 Å². The van der Waals surface area contributed by atoms with Crippen molar-refractivity contribution >= 4 is 33.5 Å². The number of hydrogen-bond donors (Lipinski definition) is 3. The Hall–Kier alpha value is -3.43. The summed E-state index contributed by atoms with van der Waals surface area (Å²) in [6.07, 6.45) is 4.52. The molecule has 0 radical (unpaired) electrons. The van der Waals surface area contributed by atoms with Crippen LogP contribution in [-0.4, -0.2) is 25.2 Å². The third-order valence-electron chi connectivity index (χ3n) is 3.74. The van der Waals surface area contributed by atoms with E-state index in [1.165, 1.54) is 18.3 Å². The molecule has 8 nitrogen and oxygen atoms in total. The normalized spacial score (nSPS) is 11.6. The van der Waals surface area contributed by atoms with Crippen molar-refractivity contribution in [1.29, 1.82) is 0 Å². The van der Waals surface area contributed by atoms with E-state index >= 15 is 0 Å². The molecule has 2 heterocycles. The molecule has 27 heavy (non-hydrogen) atoms. The molecular weight excluding hydrogens is 366 g/mol. The molecule has 1 unspecified atom stereocenters. The van der Waals surface area contributed by atoms with Gasteiger partial charge in [-0.15, -0.1) is 0 Å². The van der Waals surface area contributed by atoms with Crippen LogP contribution in [0.3, 0.4) is 0 Å². The summed E-state index contributed by atoms with van der Waals surface area (Å²) < 4.78 is 11.4. The first-order valence-electron chi connectivity index (χ1n) is 7.74. The standard InChI is InChI=1S/C18H15N5O3S/c19-16-15(17(24)23-12-5-7-21-8-6-12)9-11(10-22-16)13-3-1-2-4-14(13)18(25)27(20)26/h1-10H,20H2,(H2,19,22)(H,21,23,24). The van der Waals surface area contributed by atoms with Crippen molar-refractivity contribution in [3.63, 3.8) is 0 Å². The Morgan fingerprint density at radius 2 is 1.74 bits per heavy atom. The van der Waals surface area contributed by atoms with Gasteiger partial charge in [0.15, 0.2) is 11.0 Å². The molecule has 0 saturated carbocycles. The Balaban J connectivity index is 2.01. The van der Waals surface area contributed by atoms with Crippen molar-refractivity contribution in [2.45, 2.75) is 0 Å². The predicted molar refractivity (Wildman–Crippen MR) is 103 cm³/mol. The van der Waals surface area contributed by atoms with Crippen molar-refractivity contribution in [1.82, 2.24) is 9.97 Å². The molecule has 0 bridgehead atoms. The zero-order valence-corrected chi connectivity index (χ0v) is 14.8. The molecular formula is C18H15N5O3S. The van der Waals surface area contributed by atoms with Crippen LogP contribution in [0.4, 0.5) is 11.5 Å². The van der Waals surface area contributed by atoms with E-state index in [0.29, 0.717) is 16.8 Å². The molecule has 5 N–H and O–H groups in total. The van der Waals surface area contributed by atoms with E-state index in [4.69, 9.17) is 10.9 Å². The maximum atomic E-state index is 12.6. The number of hydrogen-bond acceptors (Lipinski definition) is 6. The molecule has 2 aromatic heterocycles. The van der Waals surface area contributed by atoms with E-state index in [1.54, 1.807) is 42.7 Å². The van der Waals surface area contributed by atoms with Gasteiger partial charge in [-0.05, 0) is 29.8 Å². The van der Waals surface area contributed by atoms with Gasteiger partial charge in [-0.25, -0.2) is 14.3 Å². The minimum atomic E-state index is -2.16. The van der Waals surface area contributed by atoms with E-state index in [0.717, 1.165) is 0 Å². The lowest BCUT2D eigenvalue weighted by Crippen LogP contribution is -2.17. The number of rotatable bonds is 4. The van der Waals surface area contributed by atoms with E-state index in [1.807, 2.05) is 0 Å². The fourth-order valence-corrected chi connectivity index (χ4v) is 2.85. The highest BCUT2D eigenvalue weighted by Crippen LogP contribution is 2.26. The van der Waals surface area contributed by atoms with Crippen LogP contribution in [0.5, 0.6) is 0 Å². The Kier molecular flexibility index (Phi) is 5.34. The zero-order valence-electron chi connectivity index (χ0n) is 14.0. The SMILES string of the molecule is Nc1ncc(-c2ccccc2C(=O)S(N)=O)cc1C(=O)Nc1ccncc1. The molecule has 1 amide bonds. The minimum Gasteiger partial charge on any atom is -0.383 e. The van der Waals surface area contributed by atoms with Crippen LogP contribution in [-0.2, 0) is 11.0 Å². The van der Waals surface area contributed by atoms with E-state index in [-0.39, 0.29) is 16.9 Å². The van der Waals surface area contributed by atoms with Crippen LogP contribution in [0.15, 0.2) is 61.1 Å². The number of amides is 1. The molecule has 3 aromatic rings. The maximum Gasteiger partial charge on any atom is 0.264 e. The molecule has 0 aliphatic rings. The summed E-state index contributed by atoms with van der Waals surface area (Å²) in [7, 11) is -2.16. The van der Waals surface area contributed by atoms with Gasteiger partial charge in [0.05, 0.1) is 5.56 Å². The molecule has 0 aliphatic heterocycles. The number of nitrogens with one attached hydrogen (secondary N) is 1. The summed E-state index contributed by atoms with van der Waals surface area (Å²) in [5.41, 5.74) is 7.63. The number of anilines is 2. The van der Waals surface area contributed by atoms with Gasteiger partial charge in [-0.3, -0.25) is 14.6 Å². The Morgan fingerprint density at radius 1 is 1.04 bits per heavy atom. The van der Waals surface area contributed by atoms with Crippen LogP contribution in [0.25, 0.3) is 11.1 Å². The third-order valence-corrected chi connectivity index (χ3v) is 4.33. The number of nitrogens with zero attached hydrogens (tertiary/aromatic N) is 2. The highest BCUT2D eigenvalue weighted by molar-refractivity contribution is 7.98. The summed E-state index contributed by atoms with van der Waals surface area (Å²) in [4.78, 5) is 32.6. The van der Waals surface area contributed by atoms with E-state index in [2.05, 4.69) is 15.3 Å². The van der Waals surface area contributed by atoms with Gasteiger partial charge in [0.1, 0.15) is 5.82 Å². The highest BCUT2D eigenvalue weighted by Gasteiger charge is 2.19. The average molecular weight is 381 g/mol. The van der Waals surface area contributed by atoms with Crippen molar-refractivity contribution in [2.24, 2.45) is 5.14 Å². The second kappa shape index (κ2) is 7.85. The van der Waals surface area contributed by atoms with Gasteiger partial charge in [0.25, 0.3) is 11.0 Å². The van der Waals surface area contributed by atoms with Gasteiger partial charge >= 0.3 is 0 Å². The van der Waals surface area contributed by atoms with Crippen LogP contribution >= 0.6 is 0 Å². The molecule has 0 spiro atoms. The summed E-state index contributed by atoms with van der Waals surface area (Å²) in [6.45, 7) is 0. The van der Waals surface area contributed by atoms with Gasteiger partial charge in [-0.1, -0.05) is 18.2 Å². The summed E-state index contributed by atoms with van der Waals surface area (Å²) in [5, 5.41) is 7.20. The number of carbonyl (C=O) groups is 2. The number of nitrogens with two attached hydrogens (primary N) is 2. The average Bonchev–Trinajstić information content (AvgIpc) is 2.68. The minimum absolute atomic E-state index is 0.0384. The molecule has 0 saturated heterocycles. The van der Waals surface area contributed by atoms with Gasteiger partial charge in [-0.2, -0.15) is 0 Å². The number of pyridine rings is 2. The summed E-state index contributed by atoms with van der Waals surface area (Å²) in [5.74, 6) is -0.421. The monoisotopic (exact) mass is 381 g/mol. The lowest BCUT2D eigenvalue weighted by molar-refractivity contribution is 0.102. The van der Waals surface area contributed by atoms with Gasteiger partial charge in [0, 0.05) is 35.4 Å². The van der Waals surface area contributed by atoms with Crippen LogP contribution < -0.4 is 16.2 Å².